The first-order valence-electron chi connectivity index (χ1n) is 5.29. The predicted molar refractivity (Wildman–Crippen MR) is 60.9 cm³/mol. The largest absolute Gasteiger partial charge is 0.489 e. The van der Waals surface area contributed by atoms with Crippen LogP contribution in [0.15, 0.2) is 30.3 Å². The van der Waals surface area contributed by atoms with E-state index in [0.717, 1.165) is 18.7 Å². The van der Waals surface area contributed by atoms with Gasteiger partial charge in [-0.1, -0.05) is 25.1 Å². The van der Waals surface area contributed by atoms with E-state index in [1.165, 1.54) is 0 Å². The Labute approximate surface area is 91.1 Å². The molecule has 0 aromatic heterocycles. The SMILES string of the molecule is CCCNC(C)(O)COc1ccccc1. The molecule has 0 spiro atoms. The van der Waals surface area contributed by atoms with Crippen LogP contribution in [0.4, 0.5) is 0 Å². The number of para-hydroxylation sites is 1. The van der Waals surface area contributed by atoms with Crippen LogP contribution in [-0.4, -0.2) is 24.0 Å². The lowest BCUT2D eigenvalue weighted by atomic mass is 10.2. The highest BCUT2D eigenvalue weighted by Crippen LogP contribution is 2.10. The Hall–Kier alpha value is -1.06. The van der Waals surface area contributed by atoms with Crippen molar-refractivity contribution in [3.63, 3.8) is 0 Å². The van der Waals surface area contributed by atoms with Crippen molar-refractivity contribution in [1.29, 1.82) is 0 Å². The Morgan fingerprint density at radius 2 is 2.00 bits per heavy atom. The van der Waals surface area contributed by atoms with Crippen molar-refractivity contribution in [2.75, 3.05) is 13.2 Å². The predicted octanol–water partition coefficient (Wildman–Crippen LogP) is 1.77. The minimum Gasteiger partial charge on any atom is -0.489 e. The van der Waals surface area contributed by atoms with Gasteiger partial charge >= 0.3 is 0 Å². The Bertz CT molecular complexity index is 272. The monoisotopic (exact) mass is 209 g/mol. The van der Waals surface area contributed by atoms with Gasteiger partial charge in [0.05, 0.1) is 0 Å². The summed E-state index contributed by atoms with van der Waals surface area (Å²) >= 11 is 0. The van der Waals surface area contributed by atoms with E-state index in [-0.39, 0.29) is 6.61 Å². The average molecular weight is 209 g/mol. The van der Waals surface area contributed by atoms with Crippen LogP contribution >= 0.6 is 0 Å². The molecular weight excluding hydrogens is 190 g/mol. The smallest absolute Gasteiger partial charge is 0.147 e. The molecule has 1 aromatic carbocycles. The lowest BCUT2D eigenvalue weighted by molar-refractivity contribution is -0.0177. The summed E-state index contributed by atoms with van der Waals surface area (Å²) in [5.74, 6) is 0.774. The molecule has 0 bridgehead atoms. The quantitative estimate of drug-likeness (QED) is 0.702. The van der Waals surface area contributed by atoms with Crippen LogP contribution in [0.2, 0.25) is 0 Å². The molecule has 0 radical (unpaired) electrons. The minimum absolute atomic E-state index is 0.247. The third-order valence-electron chi connectivity index (χ3n) is 2.02. The van der Waals surface area contributed by atoms with E-state index < -0.39 is 5.72 Å². The maximum atomic E-state index is 9.87. The van der Waals surface area contributed by atoms with Gasteiger partial charge in [0.1, 0.15) is 18.1 Å². The van der Waals surface area contributed by atoms with Crippen molar-refractivity contribution >= 4 is 0 Å². The van der Waals surface area contributed by atoms with E-state index in [0.29, 0.717) is 0 Å². The van der Waals surface area contributed by atoms with Crippen molar-refractivity contribution in [3.05, 3.63) is 30.3 Å². The molecule has 0 amide bonds. The fourth-order valence-corrected chi connectivity index (χ4v) is 1.19. The van der Waals surface area contributed by atoms with Gasteiger partial charge in [0.2, 0.25) is 0 Å². The zero-order chi connectivity index (χ0) is 11.1. The zero-order valence-electron chi connectivity index (χ0n) is 9.36. The Kier molecular flexibility index (Phi) is 4.59. The molecule has 15 heavy (non-hydrogen) atoms. The number of hydrogen-bond acceptors (Lipinski definition) is 3. The fraction of sp³-hybridized carbons (Fsp3) is 0.500. The van der Waals surface area contributed by atoms with E-state index in [2.05, 4.69) is 12.2 Å². The summed E-state index contributed by atoms with van der Waals surface area (Å²) in [5.41, 5.74) is -0.966. The average Bonchev–Trinajstić information content (AvgIpc) is 2.25. The maximum absolute atomic E-state index is 9.87. The zero-order valence-corrected chi connectivity index (χ0v) is 9.36. The second-order valence-electron chi connectivity index (χ2n) is 3.80. The molecule has 0 saturated carbocycles. The second kappa shape index (κ2) is 5.73. The van der Waals surface area contributed by atoms with Gasteiger partial charge in [0, 0.05) is 0 Å². The van der Waals surface area contributed by atoms with Crippen LogP contribution in [0.5, 0.6) is 5.75 Å². The highest BCUT2D eigenvalue weighted by molar-refractivity contribution is 5.20. The normalized spacial score (nSPS) is 14.6. The lowest BCUT2D eigenvalue weighted by Gasteiger charge is -2.24. The van der Waals surface area contributed by atoms with Gasteiger partial charge in [-0.3, -0.25) is 5.32 Å². The maximum Gasteiger partial charge on any atom is 0.147 e. The van der Waals surface area contributed by atoms with Crippen molar-refractivity contribution in [3.8, 4) is 5.75 Å². The van der Waals surface area contributed by atoms with Crippen molar-refractivity contribution in [2.24, 2.45) is 0 Å². The molecular formula is C12H19NO2. The molecule has 3 nitrogen and oxygen atoms in total. The third kappa shape index (κ3) is 4.81. The first-order chi connectivity index (χ1) is 7.14. The molecule has 0 saturated heterocycles. The van der Waals surface area contributed by atoms with Gasteiger partial charge in [-0.2, -0.15) is 0 Å². The van der Waals surface area contributed by atoms with E-state index in [9.17, 15) is 5.11 Å². The standard InChI is InChI=1S/C12H19NO2/c1-3-9-13-12(2,14)10-15-11-7-5-4-6-8-11/h4-8,13-14H,3,9-10H2,1-2H3. The highest BCUT2D eigenvalue weighted by atomic mass is 16.5. The summed E-state index contributed by atoms with van der Waals surface area (Å²) in [5, 5.41) is 12.9. The van der Waals surface area contributed by atoms with Gasteiger partial charge in [-0.05, 0) is 32.0 Å². The molecule has 0 fully saturated rings. The summed E-state index contributed by atoms with van der Waals surface area (Å²) in [4.78, 5) is 0. The van der Waals surface area contributed by atoms with Crippen LogP contribution in [0, 0.1) is 0 Å². The Morgan fingerprint density at radius 1 is 1.33 bits per heavy atom. The van der Waals surface area contributed by atoms with Gasteiger partial charge in [-0.15, -0.1) is 0 Å². The van der Waals surface area contributed by atoms with Gasteiger partial charge in [-0.25, -0.2) is 0 Å². The van der Waals surface area contributed by atoms with Gasteiger partial charge < -0.3 is 9.84 Å². The Balaban J connectivity index is 2.35. The first-order valence-corrected chi connectivity index (χ1v) is 5.29. The molecule has 0 aliphatic rings. The summed E-state index contributed by atoms with van der Waals surface area (Å²) in [6, 6.07) is 9.49. The molecule has 0 heterocycles. The van der Waals surface area contributed by atoms with E-state index in [1.54, 1.807) is 6.92 Å². The highest BCUT2D eigenvalue weighted by Gasteiger charge is 2.19. The van der Waals surface area contributed by atoms with Gasteiger partial charge in [0.25, 0.3) is 0 Å². The fourth-order valence-electron chi connectivity index (χ4n) is 1.19. The van der Waals surface area contributed by atoms with Crippen molar-refractivity contribution < 1.29 is 9.84 Å². The molecule has 0 aliphatic carbocycles. The molecule has 1 atom stereocenters. The summed E-state index contributed by atoms with van der Waals surface area (Å²) in [6.45, 7) is 4.80. The molecule has 1 rings (SSSR count). The van der Waals surface area contributed by atoms with Crippen LogP contribution in [0.1, 0.15) is 20.3 Å². The van der Waals surface area contributed by atoms with E-state index in [1.807, 2.05) is 30.3 Å². The first kappa shape index (κ1) is 12.0. The molecule has 3 heteroatoms. The number of hydrogen-bond donors (Lipinski definition) is 2. The summed E-state index contributed by atoms with van der Waals surface area (Å²) in [7, 11) is 0. The van der Waals surface area contributed by atoms with Crippen LogP contribution < -0.4 is 10.1 Å². The van der Waals surface area contributed by atoms with Gasteiger partial charge in [0.15, 0.2) is 0 Å². The van der Waals surface area contributed by atoms with Crippen LogP contribution in [0.3, 0.4) is 0 Å². The third-order valence-corrected chi connectivity index (χ3v) is 2.02. The van der Waals surface area contributed by atoms with E-state index in [4.69, 9.17) is 4.74 Å². The topological polar surface area (TPSA) is 41.5 Å². The van der Waals surface area contributed by atoms with Crippen LogP contribution in [0.25, 0.3) is 0 Å². The molecule has 1 unspecified atom stereocenters. The second-order valence-corrected chi connectivity index (χ2v) is 3.80. The van der Waals surface area contributed by atoms with Crippen molar-refractivity contribution in [1.82, 2.24) is 5.32 Å². The van der Waals surface area contributed by atoms with Crippen molar-refractivity contribution in [2.45, 2.75) is 26.0 Å². The number of ether oxygens (including phenoxy) is 1. The van der Waals surface area contributed by atoms with E-state index >= 15 is 0 Å². The molecule has 2 N–H and O–H groups in total. The summed E-state index contributed by atoms with van der Waals surface area (Å²) in [6.07, 6.45) is 0.988. The number of nitrogens with one attached hydrogen (secondary N) is 1. The minimum atomic E-state index is -0.966. The Morgan fingerprint density at radius 3 is 2.60 bits per heavy atom. The molecule has 84 valence electrons. The molecule has 0 aliphatic heterocycles. The lowest BCUT2D eigenvalue weighted by Crippen LogP contribution is -2.47. The number of benzene rings is 1. The number of aliphatic hydroxyl groups is 1. The number of rotatable bonds is 6. The molecule has 1 aromatic rings. The van der Waals surface area contributed by atoms with Crippen LogP contribution in [-0.2, 0) is 0 Å². The summed E-state index contributed by atoms with van der Waals surface area (Å²) < 4.78 is 5.46.